The average Bonchev–Trinajstić information content (AvgIpc) is 2.78. The van der Waals surface area contributed by atoms with Gasteiger partial charge in [-0.1, -0.05) is 24.3 Å². The molecule has 2 aromatic rings. The molecule has 0 spiro atoms. The molecule has 8 nitrogen and oxygen atoms in total. The minimum atomic E-state index is -1.30. The Hall–Kier alpha value is -3.55. The molecule has 8 heteroatoms. The van der Waals surface area contributed by atoms with Gasteiger partial charge in [-0.15, -0.1) is 0 Å². The summed E-state index contributed by atoms with van der Waals surface area (Å²) < 4.78 is 20.0. The standard InChI is InChI=1S/C22H25NO7/c1-27-17-10-9-14(13-18(17)28-2)11-12-23-20(24)19(22(26)30-4)15-7-5-6-8-16(15)21(25)29-3/h5-10,13,19H,11-12H2,1-4H3,(H,23,24). The number of carbonyl (C=O) groups excluding carboxylic acids is 3. The van der Waals surface area contributed by atoms with E-state index >= 15 is 0 Å². The van der Waals surface area contributed by atoms with Crippen LogP contribution in [0.5, 0.6) is 11.5 Å². The van der Waals surface area contributed by atoms with Gasteiger partial charge in [0.1, 0.15) is 0 Å². The van der Waals surface area contributed by atoms with Crippen LogP contribution in [-0.4, -0.2) is 52.8 Å². The van der Waals surface area contributed by atoms with Crippen LogP contribution in [0.25, 0.3) is 0 Å². The molecule has 0 saturated carbocycles. The lowest BCUT2D eigenvalue weighted by Gasteiger charge is -2.17. The van der Waals surface area contributed by atoms with Gasteiger partial charge in [-0.25, -0.2) is 4.79 Å². The van der Waals surface area contributed by atoms with E-state index < -0.39 is 23.8 Å². The first-order valence-electron chi connectivity index (χ1n) is 9.20. The van der Waals surface area contributed by atoms with Gasteiger partial charge in [-0.3, -0.25) is 9.59 Å². The van der Waals surface area contributed by atoms with E-state index in [1.54, 1.807) is 32.4 Å². The highest BCUT2D eigenvalue weighted by molar-refractivity contribution is 6.06. The summed E-state index contributed by atoms with van der Waals surface area (Å²) >= 11 is 0. The number of methoxy groups -OCH3 is 4. The first kappa shape index (κ1) is 22.7. The second-order valence-corrected chi connectivity index (χ2v) is 6.27. The minimum absolute atomic E-state index is 0.130. The Bertz CT molecular complexity index is 910. The number of hydrogen-bond donors (Lipinski definition) is 1. The quantitative estimate of drug-likeness (QED) is 0.494. The largest absolute Gasteiger partial charge is 0.493 e. The van der Waals surface area contributed by atoms with E-state index in [1.807, 2.05) is 12.1 Å². The highest BCUT2D eigenvalue weighted by Crippen LogP contribution is 2.27. The molecule has 1 N–H and O–H groups in total. The van der Waals surface area contributed by atoms with Gasteiger partial charge in [0.15, 0.2) is 17.4 Å². The maximum Gasteiger partial charge on any atom is 0.338 e. The fourth-order valence-electron chi connectivity index (χ4n) is 3.01. The number of carbonyl (C=O) groups is 3. The maximum atomic E-state index is 12.8. The summed E-state index contributed by atoms with van der Waals surface area (Å²) in [5, 5.41) is 2.73. The molecule has 0 heterocycles. The molecule has 1 atom stereocenters. The van der Waals surface area contributed by atoms with E-state index in [2.05, 4.69) is 5.32 Å². The second-order valence-electron chi connectivity index (χ2n) is 6.27. The van der Waals surface area contributed by atoms with E-state index in [1.165, 1.54) is 26.4 Å². The van der Waals surface area contributed by atoms with Gasteiger partial charge in [-0.2, -0.15) is 0 Å². The SMILES string of the molecule is COC(=O)c1ccccc1C(C(=O)NCCc1ccc(OC)c(OC)c1)C(=O)OC. The maximum absolute atomic E-state index is 12.8. The van der Waals surface area contributed by atoms with Crippen molar-refractivity contribution in [1.29, 1.82) is 0 Å². The van der Waals surface area contributed by atoms with Crippen LogP contribution in [0.2, 0.25) is 0 Å². The number of hydrogen-bond acceptors (Lipinski definition) is 7. The molecule has 2 aromatic carbocycles. The van der Waals surface area contributed by atoms with E-state index in [9.17, 15) is 14.4 Å². The van der Waals surface area contributed by atoms with Crippen molar-refractivity contribution < 1.29 is 33.3 Å². The van der Waals surface area contributed by atoms with Gasteiger partial charge < -0.3 is 24.3 Å². The topological polar surface area (TPSA) is 100 Å². The smallest absolute Gasteiger partial charge is 0.338 e. The van der Waals surface area contributed by atoms with Gasteiger partial charge in [0.2, 0.25) is 5.91 Å². The van der Waals surface area contributed by atoms with Crippen LogP contribution in [0.15, 0.2) is 42.5 Å². The number of rotatable bonds is 9. The zero-order chi connectivity index (χ0) is 22.1. The van der Waals surface area contributed by atoms with E-state index in [0.717, 1.165) is 5.56 Å². The van der Waals surface area contributed by atoms with E-state index in [4.69, 9.17) is 18.9 Å². The third-order valence-corrected chi connectivity index (χ3v) is 4.54. The zero-order valence-electron chi connectivity index (χ0n) is 17.4. The molecule has 2 rings (SSSR count). The van der Waals surface area contributed by atoms with Crippen molar-refractivity contribution in [3.05, 3.63) is 59.2 Å². The van der Waals surface area contributed by atoms with Crippen LogP contribution >= 0.6 is 0 Å². The molecular formula is C22H25NO7. The molecule has 0 aromatic heterocycles. The van der Waals surface area contributed by atoms with Crippen molar-refractivity contribution in [1.82, 2.24) is 5.32 Å². The van der Waals surface area contributed by atoms with Gasteiger partial charge in [0.25, 0.3) is 0 Å². The number of nitrogens with one attached hydrogen (secondary N) is 1. The number of benzene rings is 2. The molecule has 1 amide bonds. The van der Waals surface area contributed by atoms with Crippen molar-refractivity contribution in [2.45, 2.75) is 12.3 Å². The molecule has 0 radical (unpaired) electrons. The Morgan fingerprint density at radius 3 is 2.23 bits per heavy atom. The zero-order valence-corrected chi connectivity index (χ0v) is 17.4. The van der Waals surface area contributed by atoms with Crippen LogP contribution < -0.4 is 14.8 Å². The molecule has 0 saturated heterocycles. The van der Waals surface area contributed by atoms with E-state index in [0.29, 0.717) is 17.9 Å². The summed E-state index contributed by atoms with van der Waals surface area (Å²) in [7, 11) is 5.52. The van der Waals surface area contributed by atoms with Crippen molar-refractivity contribution >= 4 is 17.8 Å². The molecule has 1 unspecified atom stereocenters. The highest BCUT2D eigenvalue weighted by Gasteiger charge is 2.32. The monoisotopic (exact) mass is 415 g/mol. The fourth-order valence-corrected chi connectivity index (χ4v) is 3.01. The minimum Gasteiger partial charge on any atom is -0.493 e. The number of esters is 2. The van der Waals surface area contributed by atoms with Crippen LogP contribution in [-0.2, 0) is 25.5 Å². The highest BCUT2D eigenvalue weighted by atomic mass is 16.5. The molecule has 160 valence electrons. The average molecular weight is 415 g/mol. The second kappa shape index (κ2) is 10.8. The normalized spacial score (nSPS) is 11.2. The summed E-state index contributed by atoms with van der Waals surface area (Å²) in [6, 6.07) is 11.7. The van der Waals surface area contributed by atoms with Gasteiger partial charge >= 0.3 is 11.9 Å². The summed E-state index contributed by atoms with van der Waals surface area (Å²) in [6.45, 7) is 0.266. The summed E-state index contributed by atoms with van der Waals surface area (Å²) in [4.78, 5) is 37.2. The summed E-state index contributed by atoms with van der Waals surface area (Å²) in [5.74, 6) is -2.08. The summed E-state index contributed by atoms with van der Waals surface area (Å²) in [6.07, 6.45) is 0.499. The first-order valence-corrected chi connectivity index (χ1v) is 9.20. The van der Waals surface area contributed by atoms with Gasteiger partial charge in [0, 0.05) is 6.54 Å². The van der Waals surface area contributed by atoms with Crippen molar-refractivity contribution in [3.8, 4) is 11.5 Å². The lowest BCUT2D eigenvalue weighted by molar-refractivity contribution is -0.146. The first-order chi connectivity index (χ1) is 14.5. The Labute approximate surface area is 175 Å². The Balaban J connectivity index is 2.16. The van der Waals surface area contributed by atoms with Crippen LogP contribution in [0.4, 0.5) is 0 Å². The van der Waals surface area contributed by atoms with E-state index in [-0.39, 0.29) is 17.7 Å². The predicted octanol–water partition coefficient (Wildman–Crippen LogP) is 2.11. The summed E-state index contributed by atoms with van der Waals surface area (Å²) in [5.41, 5.74) is 1.27. The Kier molecular flexibility index (Phi) is 8.22. The number of ether oxygens (including phenoxy) is 4. The third-order valence-electron chi connectivity index (χ3n) is 4.54. The van der Waals surface area contributed by atoms with Gasteiger partial charge in [0.05, 0.1) is 34.0 Å². The van der Waals surface area contributed by atoms with Gasteiger partial charge in [-0.05, 0) is 35.7 Å². The third kappa shape index (κ3) is 5.28. The lowest BCUT2D eigenvalue weighted by atomic mass is 9.93. The van der Waals surface area contributed by atoms with Crippen molar-refractivity contribution in [2.75, 3.05) is 35.0 Å². The predicted molar refractivity (Wildman–Crippen MR) is 109 cm³/mol. The molecule has 0 bridgehead atoms. The number of amides is 1. The molecule has 0 aliphatic carbocycles. The lowest BCUT2D eigenvalue weighted by Crippen LogP contribution is -2.36. The fraction of sp³-hybridized carbons (Fsp3) is 0.318. The molecule has 0 aliphatic heterocycles. The Morgan fingerprint density at radius 2 is 1.60 bits per heavy atom. The van der Waals surface area contributed by atoms with Crippen LogP contribution in [0.3, 0.4) is 0 Å². The van der Waals surface area contributed by atoms with Crippen LogP contribution in [0.1, 0.15) is 27.4 Å². The molecular weight excluding hydrogens is 390 g/mol. The molecule has 30 heavy (non-hydrogen) atoms. The molecule has 0 fully saturated rings. The van der Waals surface area contributed by atoms with Crippen molar-refractivity contribution in [3.63, 3.8) is 0 Å². The molecule has 0 aliphatic rings. The Morgan fingerprint density at radius 1 is 0.900 bits per heavy atom. The van der Waals surface area contributed by atoms with Crippen molar-refractivity contribution in [2.24, 2.45) is 0 Å². The van der Waals surface area contributed by atoms with Crippen LogP contribution in [0, 0.1) is 0 Å².